The van der Waals surface area contributed by atoms with E-state index in [2.05, 4.69) is 0 Å². The predicted molar refractivity (Wildman–Crippen MR) is 37.0 cm³/mol. The second-order valence-corrected chi connectivity index (χ2v) is 1.52. The van der Waals surface area contributed by atoms with Crippen LogP contribution in [-0.4, -0.2) is 55.9 Å². The van der Waals surface area contributed by atoms with Crippen LogP contribution in [0.25, 0.3) is 0 Å². The fourth-order valence-electron chi connectivity index (χ4n) is 0. The molecule has 4 N–H and O–H groups in total. The Hall–Kier alpha value is 0.710. The van der Waals surface area contributed by atoms with Crippen LogP contribution in [0.3, 0.4) is 0 Å². The third kappa shape index (κ3) is 1610. The zero-order valence-corrected chi connectivity index (χ0v) is 9.40. The van der Waals surface area contributed by atoms with E-state index in [1.165, 1.54) is 0 Å². The van der Waals surface area contributed by atoms with Crippen LogP contribution in [0.15, 0.2) is 0 Å². The molecule has 0 aromatic carbocycles. The molecule has 0 aliphatic heterocycles. The Balaban J connectivity index is -0.0000000339. The molecule has 0 aromatic rings. The average molecular weight is 215 g/mol. The zero-order chi connectivity index (χ0) is 9.15. The summed E-state index contributed by atoms with van der Waals surface area (Å²) in [6.45, 7) is 2.00. The van der Waals surface area contributed by atoms with E-state index >= 15 is 0 Å². The SMILES string of the molecule is C=O.O=[P+](O)O.O=[P+](O)O.[Na]. The van der Waals surface area contributed by atoms with Crippen LogP contribution in [0, 0.1) is 0 Å². The fourth-order valence-corrected chi connectivity index (χ4v) is 0. The molecule has 0 saturated heterocycles. The smallest absolute Gasteiger partial charge is 0.307 e. The minimum atomic E-state index is -2.87. The predicted octanol–water partition coefficient (Wildman–Crippen LogP) is -1.31. The summed E-state index contributed by atoms with van der Waals surface area (Å²) in [5.74, 6) is 0. The van der Waals surface area contributed by atoms with Gasteiger partial charge in [0.25, 0.3) is 0 Å². The number of rotatable bonds is 0. The van der Waals surface area contributed by atoms with Crippen molar-refractivity contribution in [1.29, 1.82) is 0 Å². The van der Waals surface area contributed by atoms with Crippen molar-refractivity contribution in [2.45, 2.75) is 0 Å². The molecule has 0 bridgehead atoms. The maximum absolute atomic E-state index is 8.70. The molecule has 0 aliphatic carbocycles. The normalized spacial score (nSPS) is 5.09. The van der Waals surface area contributed by atoms with Crippen molar-refractivity contribution in [2.24, 2.45) is 0 Å². The molecule has 0 heterocycles. The van der Waals surface area contributed by atoms with Gasteiger partial charge in [-0.05, 0) is 0 Å². The third-order valence-corrected chi connectivity index (χ3v) is 0. The maximum Gasteiger partial charge on any atom is 0.692 e. The molecule has 0 fully saturated rings. The zero-order valence-electron chi connectivity index (χ0n) is 5.62. The van der Waals surface area contributed by atoms with Gasteiger partial charge in [-0.1, -0.05) is 0 Å². The molecule has 0 atom stereocenters. The van der Waals surface area contributed by atoms with Crippen molar-refractivity contribution < 1.29 is 33.5 Å². The van der Waals surface area contributed by atoms with Crippen LogP contribution in [0.1, 0.15) is 0 Å². The molecule has 0 spiro atoms. The number of hydrogen-bond acceptors (Lipinski definition) is 3. The first-order valence-electron chi connectivity index (χ1n) is 1.45. The van der Waals surface area contributed by atoms with E-state index in [9.17, 15) is 0 Å². The summed E-state index contributed by atoms with van der Waals surface area (Å²) < 4.78 is 17.4. The van der Waals surface area contributed by atoms with E-state index < -0.39 is 16.5 Å². The molecule has 0 aliphatic rings. The molecule has 61 valence electrons. The van der Waals surface area contributed by atoms with Crippen LogP contribution in [0.2, 0.25) is 0 Å². The summed E-state index contributed by atoms with van der Waals surface area (Å²) in [6.07, 6.45) is 0. The Morgan fingerprint density at radius 3 is 0.818 bits per heavy atom. The molecule has 7 nitrogen and oxygen atoms in total. The molecule has 1 radical (unpaired) electrons. The van der Waals surface area contributed by atoms with E-state index in [4.69, 9.17) is 33.5 Å². The summed E-state index contributed by atoms with van der Waals surface area (Å²) in [6, 6.07) is 0. The van der Waals surface area contributed by atoms with Gasteiger partial charge in [0.05, 0.1) is 0 Å². The van der Waals surface area contributed by atoms with Gasteiger partial charge in [-0.25, -0.2) is 0 Å². The van der Waals surface area contributed by atoms with Gasteiger partial charge >= 0.3 is 16.5 Å². The largest absolute Gasteiger partial charge is 0.692 e. The van der Waals surface area contributed by atoms with E-state index in [1.54, 1.807) is 0 Å². The van der Waals surface area contributed by atoms with Crippen LogP contribution in [0.4, 0.5) is 0 Å². The Morgan fingerprint density at radius 1 is 0.818 bits per heavy atom. The molecule has 11 heavy (non-hydrogen) atoms. The first-order chi connectivity index (χ1) is 4.46. The van der Waals surface area contributed by atoms with E-state index in [1.807, 2.05) is 6.79 Å². The average Bonchev–Trinajstić information content (AvgIpc) is 1.66. The first-order valence-corrected chi connectivity index (χ1v) is 3.78. The number of hydrogen-bond donors (Lipinski definition) is 4. The molecular formula is CH6NaO7P2+2. The van der Waals surface area contributed by atoms with E-state index in [-0.39, 0.29) is 29.6 Å². The van der Waals surface area contributed by atoms with Gasteiger partial charge in [0.15, 0.2) is 0 Å². The quantitative estimate of drug-likeness (QED) is 0.291. The topological polar surface area (TPSA) is 132 Å². The monoisotopic (exact) mass is 215 g/mol. The van der Waals surface area contributed by atoms with Crippen LogP contribution < -0.4 is 0 Å². The standard InChI is InChI=1S/CH2O.Na.2HO3P/c1-2;;2*1-4(2)3/h1H2;;2*(H-,1,2,3)/p+2. The van der Waals surface area contributed by atoms with Gasteiger partial charge in [0.1, 0.15) is 6.79 Å². The van der Waals surface area contributed by atoms with Crippen molar-refractivity contribution in [1.82, 2.24) is 0 Å². The summed E-state index contributed by atoms with van der Waals surface area (Å²) in [4.78, 5) is 36.5. The molecule has 0 saturated carbocycles. The second kappa shape index (κ2) is 22.4. The van der Waals surface area contributed by atoms with Gasteiger partial charge < -0.3 is 4.79 Å². The Bertz CT molecular complexity index is 84.6. The number of carbonyl (C=O) groups excluding carboxylic acids is 1. The Morgan fingerprint density at radius 2 is 0.818 bits per heavy atom. The molecule has 0 aromatic heterocycles. The Kier molecular flexibility index (Phi) is 46.1. The third-order valence-electron chi connectivity index (χ3n) is 0. The molecule has 10 heteroatoms. The Labute approximate surface area is 86.3 Å². The number of carbonyl (C=O) groups is 1. The van der Waals surface area contributed by atoms with Gasteiger partial charge in [0, 0.05) is 38.7 Å². The summed E-state index contributed by atoms with van der Waals surface area (Å²) in [5, 5.41) is 0. The van der Waals surface area contributed by atoms with Crippen LogP contribution in [-0.2, 0) is 13.9 Å². The van der Waals surface area contributed by atoms with E-state index in [0.29, 0.717) is 0 Å². The van der Waals surface area contributed by atoms with Crippen molar-refractivity contribution in [2.75, 3.05) is 0 Å². The molecule has 0 amide bonds. The van der Waals surface area contributed by atoms with Crippen LogP contribution in [0.5, 0.6) is 0 Å². The van der Waals surface area contributed by atoms with Crippen molar-refractivity contribution >= 4 is 52.9 Å². The minimum absolute atomic E-state index is 0. The first kappa shape index (κ1) is 22.6. The summed E-state index contributed by atoms with van der Waals surface area (Å²) >= 11 is 0. The second-order valence-electron chi connectivity index (χ2n) is 0.505. The van der Waals surface area contributed by atoms with Crippen molar-refractivity contribution in [3.8, 4) is 0 Å². The van der Waals surface area contributed by atoms with Gasteiger partial charge in [-0.2, -0.15) is 0 Å². The van der Waals surface area contributed by atoms with Crippen LogP contribution >= 0.6 is 16.5 Å². The van der Waals surface area contributed by atoms with Crippen molar-refractivity contribution in [3.63, 3.8) is 0 Å². The summed E-state index contributed by atoms with van der Waals surface area (Å²) in [7, 11) is -5.74. The van der Waals surface area contributed by atoms with Gasteiger partial charge in [0.2, 0.25) is 0 Å². The van der Waals surface area contributed by atoms with E-state index in [0.717, 1.165) is 0 Å². The summed E-state index contributed by atoms with van der Waals surface area (Å²) in [5.41, 5.74) is 0. The molecule has 0 rings (SSSR count). The van der Waals surface area contributed by atoms with Gasteiger partial charge in [-0.3, -0.25) is 0 Å². The maximum atomic E-state index is 8.70. The molecule has 0 unspecified atom stereocenters. The minimum Gasteiger partial charge on any atom is -0.307 e. The van der Waals surface area contributed by atoms with Gasteiger partial charge in [-0.15, -0.1) is 19.6 Å². The fraction of sp³-hybridized carbons (Fsp3) is 0. The van der Waals surface area contributed by atoms with Crippen molar-refractivity contribution in [3.05, 3.63) is 0 Å². The molecular weight excluding hydrogens is 209 g/mol.